The number of likely N-dealkylation sites (tertiary alicyclic amines) is 1. The van der Waals surface area contributed by atoms with Gasteiger partial charge in [0.25, 0.3) is 5.91 Å². The molecule has 0 atom stereocenters. The third-order valence-electron chi connectivity index (χ3n) is 2.98. The van der Waals surface area contributed by atoms with Gasteiger partial charge in [0.1, 0.15) is 0 Å². The molecule has 1 amide bonds. The molecule has 19 heavy (non-hydrogen) atoms. The van der Waals surface area contributed by atoms with E-state index in [-0.39, 0.29) is 24.4 Å². The lowest BCUT2D eigenvalue weighted by Gasteiger charge is -2.15. The van der Waals surface area contributed by atoms with E-state index in [1.54, 1.807) is 12.1 Å². The first kappa shape index (κ1) is 13.0. The maximum Gasteiger partial charge on any atom is 0.315 e. The van der Waals surface area contributed by atoms with Gasteiger partial charge in [0.05, 0.1) is 24.1 Å². The van der Waals surface area contributed by atoms with Gasteiger partial charge in [-0.05, 0) is 6.07 Å². The highest BCUT2D eigenvalue weighted by molar-refractivity contribution is 6.37. The van der Waals surface area contributed by atoms with Gasteiger partial charge in [-0.3, -0.25) is 19.7 Å². The molecule has 1 heterocycles. The lowest BCUT2D eigenvalue weighted by molar-refractivity contribution is -0.386. The van der Waals surface area contributed by atoms with Gasteiger partial charge in [-0.15, -0.1) is 0 Å². The molecule has 7 heteroatoms. The molecule has 7 nitrogen and oxygen atoms in total. The Bertz CT molecular complexity index is 555. The van der Waals surface area contributed by atoms with Crippen LogP contribution in [0.15, 0.2) is 18.2 Å². The fraction of sp³-hybridized carbons (Fsp3) is 0.333. The summed E-state index contributed by atoms with van der Waals surface area (Å²) in [6.07, 6.45) is 0.163. The fourth-order valence-corrected chi connectivity index (χ4v) is 2.05. The zero-order valence-electron chi connectivity index (χ0n) is 10.3. The number of carbonyl (C=O) groups is 2. The normalized spacial score (nSPS) is 14.9. The summed E-state index contributed by atoms with van der Waals surface area (Å²) in [6.45, 7) is 0.337. The number of amides is 1. The Hall–Kier alpha value is -2.44. The van der Waals surface area contributed by atoms with Crippen LogP contribution in [0.2, 0.25) is 0 Å². The van der Waals surface area contributed by atoms with Gasteiger partial charge in [-0.25, -0.2) is 0 Å². The second kappa shape index (κ2) is 5.05. The van der Waals surface area contributed by atoms with Gasteiger partial charge in [0.15, 0.2) is 5.75 Å². The molecular weight excluding hydrogens is 252 g/mol. The number of para-hydroxylation sites is 1. The highest BCUT2D eigenvalue weighted by Gasteiger charge is 2.31. The average molecular weight is 264 g/mol. The van der Waals surface area contributed by atoms with Gasteiger partial charge in [0.2, 0.25) is 5.78 Å². The number of carbonyl (C=O) groups excluding carboxylic acids is 2. The largest absolute Gasteiger partial charge is 0.490 e. The summed E-state index contributed by atoms with van der Waals surface area (Å²) >= 11 is 0. The molecule has 0 unspecified atom stereocenters. The summed E-state index contributed by atoms with van der Waals surface area (Å²) in [6, 6.07) is 4.65. The fourth-order valence-electron chi connectivity index (χ4n) is 2.05. The van der Waals surface area contributed by atoms with Gasteiger partial charge < -0.3 is 9.64 Å². The first-order chi connectivity index (χ1) is 9.04. The minimum atomic E-state index is -0.586. The second-order valence-electron chi connectivity index (χ2n) is 4.12. The molecule has 1 saturated heterocycles. The van der Waals surface area contributed by atoms with E-state index >= 15 is 0 Å². The Morgan fingerprint density at radius 2 is 2.16 bits per heavy atom. The van der Waals surface area contributed by atoms with Crippen LogP contribution in [0.5, 0.6) is 5.75 Å². The monoisotopic (exact) mass is 264 g/mol. The topological polar surface area (TPSA) is 89.8 Å². The maximum absolute atomic E-state index is 11.5. The molecule has 1 aromatic rings. The summed E-state index contributed by atoms with van der Waals surface area (Å²) in [7, 11) is 1.34. The van der Waals surface area contributed by atoms with Crippen molar-refractivity contribution in [2.75, 3.05) is 13.7 Å². The van der Waals surface area contributed by atoms with Crippen LogP contribution in [0.4, 0.5) is 5.69 Å². The van der Waals surface area contributed by atoms with Crippen LogP contribution in [0.25, 0.3) is 0 Å². The van der Waals surface area contributed by atoms with Crippen molar-refractivity contribution in [3.63, 3.8) is 0 Å². The summed E-state index contributed by atoms with van der Waals surface area (Å²) in [5.41, 5.74) is 0.185. The standard InChI is InChI=1S/C12H12N2O5/c1-19-10-4-2-3-8(11(10)14(17)18)7-13-6-5-9(15)12(13)16/h2-4H,5-7H2,1H3. The first-order valence-electron chi connectivity index (χ1n) is 5.67. The molecule has 0 saturated carbocycles. The summed E-state index contributed by atoms with van der Waals surface area (Å²) in [5, 5.41) is 11.1. The SMILES string of the molecule is COc1cccc(CN2CCC(=O)C2=O)c1[N+](=O)[O-]. The van der Waals surface area contributed by atoms with E-state index in [1.165, 1.54) is 18.1 Å². The number of benzene rings is 1. The number of nitrogens with zero attached hydrogens (tertiary/aromatic N) is 2. The number of ketones is 1. The lowest BCUT2D eigenvalue weighted by atomic mass is 10.1. The summed E-state index contributed by atoms with van der Waals surface area (Å²) < 4.78 is 4.95. The zero-order valence-corrected chi connectivity index (χ0v) is 10.3. The molecule has 100 valence electrons. The van der Waals surface area contributed by atoms with Crippen LogP contribution in [0.3, 0.4) is 0 Å². The number of rotatable bonds is 4. The number of Topliss-reactive ketones (excluding diaryl/α,β-unsaturated/α-hetero) is 1. The van der Waals surface area contributed by atoms with Crippen molar-refractivity contribution in [1.82, 2.24) is 4.90 Å². The predicted molar refractivity (Wildman–Crippen MR) is 64.7 cm³/mol. The Balaban J connectivity index is 2.32. The quantitative estimate of drug-likeness (QED) is 0.458. The van der Waals surface area contributed by atoms with Gasteiger partial charge in [-0.1, -0.05) is 12.1 Å². The third-order valence-corrected chi connectivity index (χ3v) is 2.98. The molecule has 0 N–H and O–H groups in total. The number of hydrogen-bond acceptors (Lipinski definition) is 5. The molecule has 1 fully saturated rings. The molecule has 0 aliphatic carbocycles. The number of methoxy groups -OCH3 is 1. The second-order valence-corrected chi connectivity index (χ2v) is 4.12. The van der Waals surface area contributed by atoms with Crippen LogP contribution in [0.1, 0.15) is 12.0 Å². The van der Waals surface area contributed by atoms with Crippen molar-refractivity contribution in [2.45, 2.75) is 13.0 Å². The molecule has 2 rings (SSSR count). The maximum atomic E-state index is 11.5. The Morgan fingerprint density at radius 1 is 1.42 bits per heavy atom. The van der Waals surface area contributed by atoms with Crippen molar-refractivity contribution >= 4 is 17.4 Å². The Kier molecular flexibility index (Phi) is 3.46. The van der Waals surface area contributed by atoms with Crippen LogP contribution >= 0.6 is 0 Å². The third kappa shape index (κ3) is 2.40. The van der Waals surface area contributed by atoms with Crippen LogP contribution < -0.4 is 4.74 Å². The molecule has 0 bridgehead atoms. The smallest absolute Gasteiger partial charge is 0.315 e. The van der Waals surface area contributed by atoms with Crippen LogP contribution in [-0.2, 0) is 16.1 Å². The Labute approximate surface area is 108 Å². The molecule has 0 spiro atoms. The van der Waals surface area contributed by atoms with Gasteiger partial charge in [-0.2, -0.15) is 0 Å². The van der Waals surface area contributed by atoms with Crippen LogP contribution in [-0.4, -0.2) is 35.2 Å². The molecule has 1 aliphatic heterocycles. The highest BCUT2D eigenvalue weighted by atomic mass is 16.6. The summed E-state index contributed by atoms with van der Waals surface area (Å²) in [5.74, 6) is -0.900. The summed E-state index contributed by atoms with van der Waals surface area (Å²) in [4.78, 5) is 34.5. The zero-order chi connectivity index (χ0) is 14.0. The van der Waals surface area contributed by atoms with Crippen molar-refractivity contribution in [1.29, 1.82) is 0 Å². The van der Waals surface area contributed by atoms with Crippen molar-refractivity contribution < 1.29 is 19.2 Å². The van der Waals surface area contributed by atoms with E-state index in [0.717, 1.165) is 0 Å². The van der Waals surface area contributed by atoms with Crippen LogP contribution in [0, 0.1) is 10.1 Å². The predicted octanol–water partition coefficient (Wildman–Crippen LogP) is 0.905. The molecule has 1 aliphatic rings. The van der Waals surface area contributed by atoms with E-state index in [4.69, 9.17) is 4.74 Å². The van der Waals surface area contributed by atoms with E-state index in [1.807, 2.05) is 0 Å². The number of nitro benzene ring substituents is 1. The minimum Gasteiger partial charge on any atom is -0.490 e. The van der Waals surface area contributed by atoms with Gasteiger partial charge in [0, 0.05) is 13.0 Å². The van der Waals surface area contributed by atoms with E-state index in [9.17, 15) is 19.7 Å². The Morgan fingerprint density at radius 3 is 2.68 bits per heavy atom. The number of ether oxygens (including phenoxy) is 1. The van der Waals surface area contributed by atoms with E-state index in [2.05, 4.69) is 0 Å². The average Bonchev–Trinajstić information content (AvgIpc) is 2.70. The molecular formula is C12H12N2O5. The number of hydrogen-bond donors (Lipinski definition) is 0. The van der Waals surface area contributed by atoms with Crippen molar-refractivity contribution in [3.8, 4) is 5.75 Å². The van der Waals surface area contributed by atoms with Crippen molar-refractivity contribution in [2.24, 2.45) is 0 Å². The minimum absolute atomic E-state index is 0.0398. The number of nitro groups is 1. The lowest BCUT2D eigenvalue weighted by Crippen LogP contribution is -2.27. The molecule has 0 aromatic heterocycles. The van der Waals surface area contributed by atoms with E-state index in [0.29, 0.717) is 12.1 Å². The van der Waals surface area contributed by atoms with Crippen molar-refractivity contribution in [3.05, 3.63) is 33.9 Å². The molecule has 1 aromatic carbocycles. The highest BCUT2D eigenvalue weighted by Crippen LogP contribution is 2.31. The van der Waals surface area contributed by atoms with Gasteiger partial charge >= 0.3 is 5.69 Å². The first-order valence-corrected chi connectivity index (χ1v) is 5.67. The molecule has 0 radical (unpaired) electrons. The van der Waals surface area contributed by atoms with E-state index < -0.39 is 16.6 Å².